The number of hydrogen-bond donors (Lipinski definition) is 0. The molecule has 0 aliphatic carbocycles. The highest BCUT2D eigenvalue weighted by atomic mass is 15.1. The zero-order valence-electron chi connectivity index (χ0n) is 28.0. The fraction of sp³-hybridized carbons (Fsp3) is 0. The molecule has 0 unspecified atom stereocenters. The first kappa shape index (κ1) is 28.7. The molecule has 0 atom stereocenters. The highest BCUT2D eigenvalue weighted by Gasteiger charge is 2.20. The third kappa shape index (κ3) is 4.26. The fourth-order valence-corrected chi connectivity index (χ4v) is 8.02. The van der Waals surface area contributed by atoms with E-state index in [2.05, 4.69) is 143 Å². The maximum atomic E-state index is 5.14. The van der Waals surface area contributed by atoms with Gasteiger partial charge >= 0.3 is 0 Å². The van der Waals surface area contributed by atoms with Gasteiger partial charge in [0.05, 0.1) is 33.3 Å². The van der Waals surface area contributed by atoms with Crippen LogP contribution in [0, 0.1) is 0 Å². The molecule has 0 radical (unpaired) electrons. The van der Waals surface area contributed by atoms with E-state index >= 15 is 0 Å². The number of aromatic nitrogens is 5. The van der Waals surface area contributed by atoms with Crippen LogP contribution in [0.3, 0.4) is 0 Å². The van der Waals surface area contributed by atoms with Gasteiger partial charge in [0, 0.05) is 49.9 Å². The Bertz CT molecular complexity index is 3160. The molecule has 0 N–H and O–H groups in total. The standard InChI is InChI=1S/C47H29N5/c1-3-14-31(15-4-1)46-36-20-9-11-21-39(36)49-47(50-46)32-24-26-44(48-29-32)52-41-25-23-30-13-7-8-18-34(30)45(41)38-27-37-35-19-10-12-22-40(35)51(42(37)28-43(38)52)33-16-5-2-6-17-33/h1-29H. The number of hydrogen-bond acceptors (Lipinski definition) is 3. The molecule has 0 spiro atoms. The molecule has 0 amide bonds. The third-order valence-electron chi connectivity index (χ3n) is 10.3. The van der Waals surface area contributed by atoms with Crippen LogP contribution < -0.4 is 0 Å². The molecule has 0 aliphatic rings. The molecule has 4 aromatic heterocycles. The van der Waals surface area contributed by atoms with E-state index in [0.717, 1.165) is 55.8 Å². The second kappa shape index (κ2) is 11.2. The Labute approximate surface area is 298 Å². The molecule has 0 bridgehead atoms. The van der Waals surface area contributed by atoms with Gasteiger partial charge in [0.25, 0.3) is 0 Å². The number of benzene rings is 7. The lowest BCUT2D eigenvalue weighted by Gasteiger charge is -2.11. The number of pyridine rings is 1. The minimum absolute atomic E-state index is 0.652. The Hall–Kier alpha value is -7.11. The minimum Gasteiger partial charge on any atom is -0.309 e. The van der Waals surface area contributed by atoms with E-state index in [1.807, 2.05) is 42.6 Å². The highest BCUT2D eigenvalue weighted by Crippen LogP contribution is 2.42. The maximum Gasteiger partial charge on any atom is 0.161 e. The lowest BCUT2D eigenvalue weighted by molar-refractivity contribution is 1.08. The molecule has 0 fully saturated rings. The topological polar surface area (TPSA) is 48.5 Å². The van der Waals surface area contributed by atoms with Crippen molar-refractivity contribution in [2.75, 3.05) is 0 Å². The summed E-state index contributed by atoms with van der Waals surface area (Å²) in [6.45, 7) is 0. The average Bonchev–Trinajstić information content (AvgIpc) is 3.72. The zero-order valence-corrected chi connectivity index (χ0v) is 28.0. The molecule has 52 heavy (non-hydrogen) atoms. The average molecular weight is 664 g/mol. The van der Waals surface area contributed by atoms with E-state index in [4.69, 9.17) is 15.0 Å². The van der Waals surface area contributed by atoms with Crippen molar-refractivity contribution in [3.05, 3.63) is 176 Å². The van der Waals surface area contributed by atoms with Crippen LogP contribution in [0.15, 0.2) is 176 Å². The lowest BCUT2D eigenvalue weighted by atomic mass is 10.0. The van der Waals surface area contributed by atoms with Crippen molar-refractivity contribution in [3.8, 4) is 34.2 Å². The van der Waals surface area contributed by atoms with Crippen LogP contribution in [0.2, 0.25) is 0 Å². The molecule has 7 aromatic carbocycles. The van der Waals surface area contributed by atoms with Gasteiger partial charge in [0.2, 0.25) is 0 Å². The summed E-state index contributed by atoms with van der Waals surface area (Å²) >= 11 is 0. The summed E-state index contributed by atoms with van der Waals surface area (Å²) in [5, 5.41) is 8.35. The SMILES string of the molecule is c1ccc(-c2nc(-c3ccc(-n4c5cc6c(cc5c5c7ccccc7ccc54)c4ccccc4n6-c4ccccc4)nc3)nc3ccccc23)cc1. The van der Waals surface area contributed by atoms with Crippen LogP contribution in [-0.4, -0.2) is 24.1 Å². The summed E-state index contributed by atoms with van der Waals surface area (Å²) in [6, 6.07) is 59.9. The van der Waals surface area contributed by atoms with Crippen molar-refractivity contribution in [1.29, 1.82) is 0 Å². The van der Waals surface area contributed by atoms with Gasteiger partial charge in [-0.05, 0) is 65.4 Å². The smallest absolute Gasteiger partial charge is 0.161 e. The van der Waals surface area contributed by atoms with Gasteiger partial charge in [0.1, 0.15) is 5.82 Å². The van der Waals surface area contributed by atoms with Crippen LogP contribution in [0.5, 0.6) is 0 Å². The van der Waals surface area contributed by atoms with Gasteiger partial charge in [-0.15, -0.1) is 0 Å². The molecular formula is C47H29N5. The molecule has 4 heterocycles. The van der Waals surface area contributed by atoms with E-state index in [-0.39, 0.29) is 0 Å². The summed E-state index contributed by atoms with van der Waals surface area (Å²) < 4.78 is 4.69. The van der Waals surface area contributed by atoms with Crippen LogP contribution in [-0.2, 0) is 0 Å². The van der Waals surface area contributed by atoms with Gasteiger partial charge < -0.3 is 4.57 Å². The van der Waals surface area contributed by atoms with Gasteiger partial charge in [-0.25, -0.2) is 15.0 Å². The Morgan fingerprint density at radius 2 is 1.12 bits per heavy atom. The largest absolute Gasteiger partial charge is 0.309 e. The molecule has 0 saturated carbocycles. The predicted octanol–water partition coefficient (Wildman–Crippen LogP) is 11.7. The van der Waals surface area contributed by atoms with E-state index < -0.39 is 0 Å². The maximum absolute atomic E-state index is 5.14. The Balaban J connectivity index is 1.17. The molecule has 0 aliphatic heterocycles. The number of nitrogens with zero attached hydrogens (tertiary/aromatic N) is 5. The predicted molar refractivity (Wildman–Crippen MR) is 214 cm³/mol. The first-order valence-corrected chi connectivity index (χ1v) is 17.5. The summed E-state index contributed by atoms with van der Waals surface area (Å²) in [5.74, 6) is 1.49. The van der Waals surface area contributed by atoms with E-state index in [0.29, 0.717) is 5.82 Å². The van der Waals surface area contributed by atoms with Crippen molar-refractivity contribution in [3.63, 3.8) is 0 Å². The Morgan fingerprint density at radius 1 is 0.404 bits per heavy atom. The molecule has 5 nitrogen and oxygen atoms in total. The number of para-hydroxylation sites is 3. The van der Waals surface area contributed by atoms with Gasteiger partial charge in [-0.1, -0.05) is 115 Å². The van der Waals surface area contributed by atoms with E-state index in [9.17, 15) is 0 Å². The highest BCUT2D eigenvalue weighted by molar-refractivity contribution is 6.25. The second-order valence-corrected chi connectivity index (χ2v) is 13.3. The second-order valence-electron chi connectivity index (χ2n) is 13.3. The van der Waals surface area contributed by atoms with Crippen LogP contribution in [0.1, 0.15) is 0 Å². The summed E-state index contributed by atoms with van der Waals surface area (Å²) in [5.41, 5.74) is 9.44. The van der Waals surface area contributed by atoms with Crippen molar-refractivity contribution in [2.45, 2.75) is 0 Å². The zero-order chi connectivity index (χ0) is 34.2. The summed E-state index contributed by atoms with van der Waals surface area (Å²) in [7, 11) is 0. The number of fused-ring (bicyclic) bond motifs is 9. The van der Waals surface area contributed by atoms with Crippen molar-refractivity contribution in [1.82, 2.24) is 24.1 Å². The van der Waals surface area contributed by atoms with Gasteiger partial charge in [-0.3, -0.25) is 4.57 Å². The van der Waals surface area contributed by atoms with Crippen molar-refractivity contribution >= 4 is 65.3 Å². The van der Waals surface area contributed by atoms with Crippen LogP contribution >= 0.6 is 0 Å². The molecule has 0 saturated heterocycles. The number of rotatable bonds is 4. The van der Waals surface area contributed by atoms with Crippen LogP contribution in [0.25, 0.3) is 99.4 Å². The summed E-state index contributed by atoms with van der Waals surface area (Å²) in [6.07, 6.45) is 1.91. The first-order chi connectivity index (χ1) is 25.8. The van der Waals surface area contributed by atoms with Gasteiger partial charge in [0.15, 0.2) is 5.82 Å². The monoisotopic (exact) mass is 663 g/mol. The molecule has 11 aromatic rings. The Morgan fingerprint density at radius 3 is 1.94 bits per heavy atom. The third-order valence-corrected chi connectivity index (χ3v) is 10.3. The Kier molecular flexibility index (Phi) is 6.18. The normalized spacial score (nSPS) is 11.8. The van der Waals surface area contributed by atoms with Crippen molar-refractivity contribution < 1.29 is 0 Å². The fourth-order valence-electron chi connectivity index (χ4n) is 8.02. The molecule has 5 heteroatoms. The van der Waals surface area contributed by atoms with E-state index in [1.54, 1.807) is 0 Å². The molecular weight excluding hydrogens is 635 g/mol. The van der Waals surface area contributed by atoms with Gasteiger partial charge in [-0.2, -0.15) is 0 Å². The molecule has 11 rings (SSSR count). The van der Waals surface area contributed by atoms with Crippen LogP contribution in [0.4, 0.5) is 0 Å². The lowest BCUT2D eigenvalue weighted by Crippen LogP contribution is -1.99. The quantitative estimate of drug-likeness (QED) is 0.188. The minimum atomic E-state index is 0.652. The summed E-state index contributed by atoms with van der Waals surface area (Å²) in [4.78, 5) is 15.2. The van der Waals surface area contributed by atoms with Crippen molar-refractivity contribution in [2.24, 2.45) is 0 Å². The first-order valence-electron chi connectivity index (χ1n) is 17.5. The molecule has 242 valence electrons. The van der Waals surface area contributed by atoms with E-state index in [1.165, 1.54) is 37.8 Å².